The molecule has 138 valence electrons. The van der Waals surface area contributed by atoms with Crippen molar-refractivity contribution in [3.8, 4) is 0 Å². The molecule has 0 aliphatic heterocycles. The van der Waals surface area contributed by atoms with E-state index in [1.807, 2.05) is 0 Å². The average Bonchev–Trinajstić information content (AvgIpc) is 2.46. The van der Waals surface area contributed by atoms with Gasteiger partial charge in [0.15, 0.2) is 5.96 Å². The number of hydrogen-bond donors (Lipinski definition) is 2. The number of ether oxygens (including phenoxy) is 1. The van der Waals surface area contributed by atoms with E-state index >= 15 is 0 Å². The number of guanidine groups is 1. The van der Waals surface area contributed by atoms with Gasteiger partial charge in [0.2, 0.25) is 5.91 Å². The molecule has 0 aliphatic rings. The Morgan fingerprint density at radius 2 is 1.91 bits per heavy atom. The van der Waals surface area contributed by atoms with Crippen molar-refractivity contribution < 1.29 is 9.53 Å². The van der Waals surface area contributed by atoms with Gasteiger partial charge in [-0.15, -0.1) is 24.0 Å². The maximum atomic E-state index is 11.6. The number of rotatable bonds is 10. The summed E-state index contributed by atoms with van der Waals surface area (Å²) in [4.78, 5) is 17.5. The van der Waals surface area contributed by atoms with Crippen molar-refractivity contribution in [1.29, 1.82) is 0 Å². The number of nitrogens with zero attached hydrogens (tertiary/aromatic N) is 2. The van der Waals surface area contributed by atoms with Crippen LogP contribution in [0.2, 0.25) is 0 Å². The number of amides is 1. The van der Waals surface area contributed by atoms with E-state index in [1.165, 1.54) is 0 Å². The van der Waals surface area contributed by atoms with Crippen LogP contribution in [0.15, 0.2) is 4.99 Å². The first-order chi connectivity index (χ1) is 10.4. The maximum absolute atomic E-state index is 11.6. The van der Waals surface area contributed by atoms with Crippen molar-refractivity contribution in [3.05, 3.63) is 0 Å². The highest BCUT2D eigenvalue weighted by Crippen LogP contribution is 1.93. The summed E-state index contributed by atoms with van der Waals surface area (Å²) < 4.78 is 5.55. The zero-order chi connectivity index (χ0) is 17.0. The van der Waals surface area contributed by atoms with Crippen LogP contribution in [0, 0.1) is 5.92 Å². The minimum atomic E-state index is -0.00878. The smallest absolute Gasteiger partial charge is 0.243 e. The summed E-state index contributed by atoms with van der Waals surface area (Å²) in [7, 11) is 3.47. The largest absolute Gasteiger partial charge is 0.381 e. The molecule has 0 rings (SSSR count). The van der Waals surface area contributed by atoms with Gasteiger partial charge in [0.25, 0.3) is 0 Å². The molecule has 0 aromatic rings. The third-order valence-electron chi connectivity index (χ3n) is 3.08. The predicted octanol–water partition coefficient (Wildman–Crippen LogP) is 2.09. The number of carbonyl (C=O) groups excluding carboxylic acids is 1. The van der Waals surface area contributed by atoms with Gasteiger partial charge in [-0.05, 0) is 25.7 Å². The number of carbonyl (C=O) groups is 1. The second-order valence-corrected chi connectivity index (χ2v) is 6.16. The van der Waals surface area contributed by atoms with Gasteiger partial charge in [-0.2, -0.15) is 0 Å². The van der Waals surface area contributed by atoms with Gasteiger partial charge < -0.3 is 20.3 Å². The van der Waals surface area contributed by atoms with E-state index in [0.29, 0.717) is 17.9 Å². The predicted molar refractivity (Wildman–Crippen MR) is 108 cm³/mol. The zero-order valence-corrected chi connectivity index (χ0v) is 17.8. The van der Waals surface area contributed by atoms with E-state index in [4.69, 9.17) is 4.74 Å². The third kappa shape index (κ3) is 14.7. The van der Waals surface area contributed by atoms with E-state index in [9.17, 15) is 4.79 Å². The fourth-order valence-electron chi connectivity index (χ4n) is 1.48. The van der Waals surface area contributed by atoms with Crippen LogP contribution in [-0.4, -0.2) is 63.2 Å². The molecule has 0 bridgehead atoms. The molecule has 1 amide bonds. The fraction of sp³-hybridized carbons (Fsp3) is 0.875. The van der Waals surface area contributed by atoms with Gasteiger partial charge in [-0.25, -0.2) is 4.99 Å². The van der Waals surface area contributed by atoms with Crippen LogP contribution in [0.1, 0.15) is 40.5 Å². The van der Waals surface area contributed by atoms with E-state index in [1.54, 1.807) is 19.0 Å². The fourth-order valence-corrected chi connectivity index (χ4v) is 1.48. The number of aliphatic imine (C=N–C) groups is 1. The van der Waals surface area contributed by atoms with Crippen LogP contribution in [0.4, 0.5) is 0 Å². The van der Waals surface area contributed by atoms with Gasteiger partial charge in [0.1, 0.15) is 6.54 Å². The average molecular weight is 442 g/mol. The first-order valence-electron chi connectivity index (χ1n) is 8.19. The lowest BCUT2D eigenvalue weighted by molar-refractivity contribution is -0.127. The van der Waals surface area contributed by atoms with Crippen LogP contribution in [-0.2, 0) is 9.53 Å². The SMILES string of the molecule is CCC(C)NC(=NCC(=O)N(C)C)NCCCOCC(C)C.I. The quantitative estimate of drug-likeness (QED) is 0.235. The Bertz CT molecular complexity index is 336. The number of likely N-dealkylation sites (N-methyl/N-ethyl adjacent to an activating group) is 1. The summed E-state index contributed by atoms with van der Waals surface area (Å²) in [6.45, 7) is 10.9. The number of hydrogen-bond acceptors (Lipinski definition) is 3. The summed E-state index contributed by atoms with van der Waals surface area (Å²) in [6, 6.07) is 0.317. The van der Waals surface area contributed by atoms with Gasteiger partial charge >= 0.3 is 0 Å². The molecule has 0 aromatic carbocycles. The van der Waals surface area contributed by atoms with Crippen LogP contribution in [0.3, 0.4) is 0 Å². The molecule has 0 saturated heterocycles. The van der Waals surface area contributed by atoms with Crippen molar-refractivity contribution in [3.63, 3.8) is 0 Å². The molecule has 0 radical (unpaired) electrons. The monoisotopic (exact) mass is 442 g/mol. The molecule has 7 heteroatoms. The summed E-state index contributed by atoms with van der Waals surface area (Å²) in [5.74, 6) is 1.24. The van der Waals surface area contributed by atoms with E-state index < -0.39 is 0 Å². The highest BCUT2D eigenvalue weighted by Gasteiger charge is 2.06. The topological polar surface area (TPSA) is 66.0 Å². The molecule has 2 N–H and O–H groups in total. The molecule has 6 nitrogen and oxygen atoms in total. The standard InChI is InChI=1S/C16H34N4O2.HI/c1-7-14(4)19-16(18-11-15(21)20(5)6)17-9-8-10-22-12-13(2)3;/h13-14H,7-12H2,1-6H3,(H2,17,18,19);1H. The highest BCUT2D eigenvalue weighted by molar-refractivity contribution is 14.0. The lowest BCUT2D eigenvalue weighted by Gasteiger charge is -2.17. The van der Waals surface area contributed by atoms with Crippen LogP contribution in [0.5, 0.6) is 0 Å². The molecule has 1 atom stereocenters. The molecule has 0 fully saturated rings. The Morgan fingerprint density at radius 3 is 2.43 bits per heavy atom. The van der Waals surface area contributed by atoms with Crippen molar-refractivity contribution in [2.75, 3.05) is 40.4 Å². The Morgan fingerprint density at radius 1 is 1.26 bits per heavy atom. The first kappa shape index (κ1) is 24.7. The second-order valence-electron chi connectivity index (χ2n) is 6.16. The number of nitrogens with one attached hydrogen (secondary N) is 2. The van der Waals surface area contributed by atoms with Crippen molar-refractivity contribution in [2.45, 2.75) is 46.6 Å². The lowest BCUT2D eigenvalue weighted by Crippen LogP contribution is -2.43. The van der Waals surface area contributed by atoms with Gasteiger partial charge in [0, 0.05) is 39.9 Å². The molecule has 1 unspecified atom stereocenters. The normalized spacial score (nSPS) is 12.6. The number of halogens is 1. The van der Waals surface area contributed by atoms with Crippen molar-refractivity contribution in [1.82, 2.24) is 15.5 Å². The lowest BCUT2D eigenvalue weighted by atomic mass is 10.2. The molecule has 0 aromatic heterocycles. The highest BCUT2D eigenvalue weighted by atomic mass is 127. The summed E-state index contributed by atoms with van der Waals surface area (Å²) >= 11 is 0. The second kappa shape index (κ2) is 15.0. The minimum absolute atomic E-state index is 0. The minimum Gasteiger partial charge on any atom is -0.381 e. The van der Waals surface area contributed by atoms with Crippen LogP contribution in [0.25, 0.3) is 0 Å². The van der Waals surface area contributed by atoms with Crippen molar-refractivity contribution in [2.24, 2.45) is 10.9 Å². The molecule has 0 heterocycles. The summed E-state index contributed by atoms with van der Waals surface area (Å²) in [5, 5.41) is 6.55. The van der Waals surface area contributed by atoms with Crippen LogP contribution >= 0.6 is 24.0 Å². The van der Waals surface area contributed by atoms with E-state index in [0.717, 1.165) is 32.6 Å². The Labute approximate surface area is 158 Å². The Hall–Kier alpha value is -0.570. The summed E-state index contributed by atoms with van der Waals surface area (Å²) in [6.07, 6.45) is 1.91. The first-order valence-corrected chi connectivity index (χ1v) is 8.19. The molecule has 0 saturated carbocycles. The summed E-state index contributed by atoms with van der Waals surface area (Å²) in [5.41, 5.74) is 0. The van der Waals surface area contributed by atoms with Gasteiger partial charge in [0.05, 0.1) is 0 Å². The molecular weight excluding hydrogens is 407 g/mol. The molecule has 0 aliphatic carbocycles. The molecular formula is C16H35IN4O2. The zero-order valence-electron chi connectivity index (χ0n) is 15.5. The van der Waals surface area contributed by atoms with E-state index in [-0.39, 0.29) is 36.4 Å². The van der Waals surface area contributed by atoms with E-state index in [2.05, 4.69) is 43.3 Å². The molecule has 0 spiro atoms. The van der Waals surface area contributed by atoms with Gasteiger partial charge in [-0.1, -0.05) is 20.8 Å². The molecule has 23 heavy (non-hydrogen) atoms. The van der Waals surface area contributed by atoms with Crippen molar-refractivity contribution >= 4 is 35.8 Å². The van der Waals surface area contributed by atoms with Crippen LogP contribution < -0.4 is 10.6 Å². The maximum Gasteiger partial charge on any atom is 0.243 e. The Balaban J connectivity index is 0. The Kier molecular flexibility index (Phi) is 16.1. The third-order valence-corrected chi connectivity index (χ3v) is 3.08. The van der Waals surface area contributed by atoms with Gasteiger partial charge in [-0.3, -0.25) is 4.79 Å².